The topological polar surface area (TPSA) is 69.2 Å². The quantitative estimate of drug-likeness (QED) is 0.857. The van der Waals surface area contributed by atoms with Crippen LogP contribution >= 0.6 is 11.8 Å². The minimum atomic E-state index is -0.184. The number of rotatable bonds is 3. The van der Waals surface area contributed by atoms with Crippen LogP contribution in [0.1, 0.15) is 5.56 Å². The minimum Gasteiger partial charge on any atom is -0.494 e. The highest BCUT2D eigenvalue weighted by molar-refractivity contribution is 8.18. The van der Waals surface area contributed by atoms with E-state index in [1.807, 2.05) is 42.5 Å². The molecule has 2 aromatic rings. The van der Waals surface area contributed by atoms with E-state index in [-0.39, 0.29) is 12.7 Å². The smallest absolute Gasteiger partial charge is 0.264 e. The second-order valence-electron chi connectivity index (χ2n) is 5.27. The summed E-state index contributed by atoms with van der Waals surface area (Å²) in [6.07, 6.45) is 1.80. The molecule has 4 rings (SSSR count). The number of hydrogen-bond donors (Lipinski definition) is 1. The molecule has 0 bridgehead atoms. The van der Waals surface area contributed by atoms with Crippen molar-refractivity contribution in [3.05, 3.63) is 52.9 Å². The highest BCUT2D eigenvalue weighted by Crippen LogP contribution is 2.35. The number of nitrogens with one attached hydrogen (secondary N) is 1. The average molecular weight is 354 g/mol. The summed E-state index contributed by atoms with van der Waals surface area (Å²) in [5.41, 5.74) is 1.53. The van der Waals surface area contributed by atoms with Gasteiger partial charge in [-0.25, -0.2) is 4.99 Å². The summed E-state index contributed by atoms with van der Waals surface area (Å²) in [4.78, 5) is 17.2. The normalized spacial score (nSPS) is 18.7. The Morgan fingerprint density at radius 2 is 2.04 bits per heavy atom. The number of carbonyl (C=O) groups excluding carboxylic acids is 1. The van der Waals surface area contributed by atoms with Gasteiger partial charge in [0.15, 0.2) is 16.7 Å². The molecular formula is C18H14N2O4S. The molecule has 1 amide bonds. The molecule has 2 aromatic carbocycles. The fraction of sp³-hybridized carbons (Fsp3) is 0.111. The van der Waals surface area contributed by atoms with Crippen LogP contribution in [0.25, 0.3) is 6.08 Å². The fourth-order valence-electron chi connectivity index (χ4n) is 2.47. The Morgan fingerprint density at radius 3 is 2.92 bits per heavy atom. The van der Waals surface area contributed by atoms with Crippen molar-refractivity contribution < 1.29 is 19.0 Å². The lowest BCUT2D eigenvalue weighted by molar-refractivity contribution is -0.115. The number of benzene rings is 2. The van der Waals surface area contributed by atoms with E-state index >= 15 is 0 Å². The monoisotopic (exact) mass is 354 g/mol. The van der Waals surface area contributed by atoms with E-state index in [9.17, 15) is 4.79 Å². The third-order valence-corrected chi connectivity index (χ3v) is 4.56. The molecule has 6 nitrogen and oxygen atoms in total. The number of nitrogens with zero attached hydrogens (tertiary/aromatic N) is 1. The lowest BCUT2D eigenvalue weighted by Crippen LogP contribution is -2.19. The summed E-state index contributed by atoms with van der Waals surface area (Å²) in [6.45, 7) is 0.223. The van der Waals surface area contributed by atoms with E-state index in [4.69, 9.17) is 14.2 Å². The number of amides is 1. The van der Waals surface area contributed by atoms with Gasteiger partial charge >= 0.3 is 0 Å². The molecule has 0 spiro atoms. The zero-order valence-corrected chi connectivity index (χ0v) is 14.1. The molecule has 0 unspecified atom stereocenters. The Bertz CT molecular complexity index is 908. The maximum atomic E-state index is 12.2. The largest absolute Gasteiger partial charge is 0.494 e. The molecule has 1 fully saturated rings. The van der Waals surface area contributed by atoms with Gasteiger partial charge in [0, 0.05) is 0 Å². The molecule has 0 saturated carbocycles. The van der Waals surface area contributed by atoms with Gasteiger partial charge in [0.2, 0.25) is 6.79 Å². The zero-order chi connectivity index (χ0) is 17.2. The van der Waals surface area contributed by atoms with Crippen LogP contribution in [0, 0.1) is 0 Å². The average Bonchev–Trinajstić information content (AvgIpc) is 3.22. The predicted molar refractivity (Wildman–Crippen MR) is 96.4 cm³/mol. The second kappa shape index (κ2) is 6.52. The molecule has 1 N–H and O–H groups in total. The number of ether oxygens (including phenoxy) is 3. The number of methoxy groups -OCH3 is 1. The van der Waals surface area contributed by atoms with Crippen LogP contribution in [0.5, 0.6) is 17.2 Å². The minimum absolute atomic E-state index is 0.184. The summed E-state index contributed by atoms with van der Waals surface area (Å²) in [7, 11) is 1.59. The van der Waals surface area contributed by atoms with Crippen molar-refractivity contribution in [2.45, 2.75) is 0 Å². The number of fused-ring (bicyclic) bond motifs is 1. The van der Waals surface area contributed by atoms with Gasteiger partial charge in [0.25, 0.3) is 5.91 Å². The Kier molecular flexibility index (Phi) is 4.07. The molecule has 2 aliphatic rings. The fourth-order valence-corrected chi connectivity index (χ4v) is 3.30. The number of para-hydroxylation sites is 2. The second-order valence-corrected chi connectivity index (χ2v) is 6.30. The molecule has 7 heteroatoms. The summed E-state index contributed by atoms with van der Waals surface area (Å²) in [6, 6.07) is 12.9. The molecule has 25 heavy (non-hydrogen) atoms. The molecule has 126 valence electrons. The molecule has 0 radical (unpaired) electrons. The highest BCUT2D eigenvalue weighted by Gasteiger charge is 2.24. The summed E-state index contributed by atoms with van der Waals surface area (Å²) in [5.74, 6) is 1.86. The van der Waals surface area contributed by atoms with E-state index < -0.39 is 0 Å². The van der Waals surface area contributed by atoms with Gasteiger partial charge in [0.1, 0.15) is 11.4 Å². The lowest BCUT2D eigenvalue weighted by Gasteiger charge is -2.03. The first-order chi connectivity index (χ1) is 12.2. The molecular weight excluding hydrogens is 340 g/mol. The standard InChI is InChI=1S/C18H14N2O4S/c1-22-13-5-3-2-4-12(13)19-18-20-17(21)16(25-18)9-11-6-7-14-15(8-11)24-10-23-14/h2-9H,10H2,1H3,(H,19,20,21). The maximum Gasteiger partial charge on any atom is 0.264 e. The number of aliphatic imine (C=N–C) groups is 1. The number of carbonyl (C=O) groups is 1. The number of amidine groups is 1. The maximum absolute atomic E-state index is 12.2. The van der Waals surface area contributed by atoms with Crippen molar-refractivity contribution in [1.82, 2.24) is 5.32 Å². The van der Waals surface area contributed by atoms with E-state index in [0.717, 1.165) is 5.56 Å². The van der Waals surface area contributed by atoms with Crippen LogP contribution in [0.2, 0.25) is 0 Å². The molecule has 2 aliphatic heterocycles. The molecule has 0 atom stereocenters. The van der Waals surface area contributed by atoms with E-state index in [1.165, 1.54) is 11.8 Å². The van der Waals surface area contributed by atoms with Crippen molar-refractivity contribution in [3.8, 4) is 17.2 Å². The van der Waals surface area contributed by atoms with Gasteiger partial charge < -0.3 is 19.5 Å². The van der Waals surface area contributed by atoms with Crippen LogP contribution in [-0.2, 0) is 4.79 Å². The van der Waals surface area contributed by atoms with Gasteiger partial charge in [-0.2, -0.15) is 0 Å². The Hall–Kier alpha value is -2.93. The first kappa shape index (κ1) is 15.6. The first-order valence-electron chi connectivity index (χ1n) is 7.55. The van der Waals surface area contributed by atoms with E-state index in [1.54, 1.807) is 13.2 Å². The van der Waals surface area contributed by atoms with Crippen molar-refractivity contribution >= 4 is 34.6 Å². The Labute approximate surface area is 148 Å². The summed E-state index contributed by atoms with van der Waals surface area (Å²) in [5, 5.41) is 3.29. The first-order valence-corrected chi connectivity index (χ1v) is 8.37. The summed E-state index contributed by atoms with van der Waals surface area (Å²) >= 11 is 1.28. The van der Waals surface area contributed by atoms with Crippen molar-refractivity contribution in [2.24, 2.45) is 4.99 Å². The Balaban J connectivity index is 1.59. The van der Waals surface area contributed by atoms with Gasteiger partial charge in [-0.15, -0.1) is 0 Å². The third-order valence-electron chi connectivity index (χ3n) is 3.65. The van der Waals surface area contributed by atoms with Crippen LogP contribution in [-0.4, -0.2) is 25.0 Å². The van der Waals surface area contributed by atoms with Crippen molar-refractivity contribution in [2.75, 3.05) is 13.9 Å². The molecule has 0 aromatic heterocycles. The van der Waals surface area contributed by atoms with Crippen molar-refractivity contribution in [3.63, 3.8) is 0 Å². The third kappa shape index (κ3) is 3.18. The number of hydrogen-bond acceptors (Lipinski definition) is 6. The zero-order valence-electron chi connectivity index (χ0n) is 13.3. The molecule has 2 heterocycles. The van der Waals surface area contributed by atoms with Gasteiger partial charge in [-0.05, 0) is 47.7 Å². The molecule has 1 saturated heterocycles. The van der Waals surface area contributed by atoms with Gasteiger partial charge in [-0.1, -0.05) is 18.2 Å². The number of thioether (sulfide) groups is 1. The lowest BCUT2D eigenvalue weighted by atomic mass is 10.2. The van der Waals surface area contributed by atoms with Gasteiger partial charge in [0.05, 0.1) is 12.0 Å². The van der Waals surface area contributed by atoms with E-state index in [0.29, 0.717) is 33.0 Å². The highest BCUT2D eigenvalue weighted by atomic mass is 32.2. The van der Waals surface area contributed by atoms with Crippen LogP contribution in [0.4, 0.5) is 5.69 Å². The van der Waals surface area contributed by atoms with Crippen LogP contribution in [0.15, 0.2) is 52.4 Å². The van der Waals surface area contributed by atoms with Crippen molar-refractivity contribution in [1.29, 1.82) is 0 Å². The van der Waals surface area contributed by atoms with Crippen LogP contribution in [0.3, 0.4) is 0 Å². The van der Waals surface area contributed by atoms with Crippen LogP contribution < -0.4 is 19.5 Å². The SMILES string of the molecule is COc1ccccc1N=C1NC(=O)C(=Cc2ccc3c(c2)OCO3)S1. The van der Waals surface area contributed by atoms with Gasteiger partial charge in [-0.3, -0.25) is 4.79 Å². The Morgan fingerprint density at radius 1 is 1.20 bits per heavy atom. The molecule has 0 aliphatic carbocycles. The van der Waals surface area contributed by atoms with E-state index in [2.05, 4.69) is 10.3 Å². The predicted octanol–water partition coefficient (Wildman–Crippen LogP) is 3.32. The summed E-state index contributed by atoms with van der Waals surface area (Å²) < 4.78 is 15.9.